The molecule has 1 aromatic heterocycles. The van der Waals surface area contributed by atoms with E-state index >= 15 is 0 Å². The highest BCUT2D eigenvalue weighted by atomic mass is 79.9. The first-order valence-electron chi connectivity index (χ1n) is 4.13. The summed E-state index contributed by atoms with van der Waals surface area (Å²) in [6, 6.07) is 8.72. The van der Waals surface area contributed by atoms with Gasteiger partial charge in [0.05, 0.1) is 0 Å². The van der Waals surface area contributed by atoms with Crippen LogP contribution >= 0.6 is 15.9 Å². The van der Waals surface area contributed by atoms with Crippen molar-refractivity contribution in [3.05, 3.63) is 40.5 Å². The van der Waals surface area contributed by atoms with Crippen molar-refractivity contribution in [3.8, 4) is 11.3 Å². The first kappa shape index (κ1) is 9.92. The van der Waals surface area contributed by atoms with Gasteiger partial charge in [0.2, 0.25) is 0 Å². The Bertz CT molecular complexity index is 490. The minimum Gasteiger partial charge on any atom is -0.476 e. The number of carbonyl (C=O) groups is 1. The lowest BCUT2D eigenvalue weighted by atomic mass is 10.2. The van der Waals surface area contributed by atoms with Gasteiger partial charge in [-0.3, -0.25) is 0 Å². The van der Waals surface area contributed by atoms with Gasteiger partial charge in [0.1, 0.15) is 0 Å². The van der Waals surface area contributed by atoms with Gasteiger partial charge in [-0.25, -0.2) is 4.79 Å². The Morgan fingerprint density at radius 3 is 2.53 bits per heavy atom. The lowest BCUT2D eigenvalue weighted by Crippen LogP contribution is -1.94. The van der Waals surface area contributed by atoms with E-state index in [1.54, 1.807) is 0 Å². The van der Waals surface area contributed by atoms with Crippen molar-refractivity contribution in [2.75, 3.05) is 0 Å². The molecule has 0 aliphatic heterocycles. The van der Waals surface area contributed by atoms with E-state index in [2.05, 4.69) is 21.1 Å². The summed E-state index contributed by atoms with van der Waals surface area (Å²) in [6.45, 7) is 0. The van der Waals surface area contributed by atoms with Crippen LogP contribution in [-0.4, -0.2) is 16.2 Å². The van der Waals surface area contributed by atoms with Crippen molar-refractivity contribution in [2.45, 2.75) is 0 Å². The number of aromatic nitrogens is 1. The average molecular weight is 268 g/mol. The molecule has 4 nitrogen and oxygen atoms in total. The molecule has 1 N–H and O–H groups in total. The summed E-state index contributed by atoms with van der Waals surface area (Å²) < 4.78 is 5.85. The average Bonchev–Trinajstić information content (AvgIpc) is 2.68. The van der Waals surface area contributed by atoms with E-state index in [1.807, 2.05) is 24.3 Å². The van der Waals surface area contributed by atoms with Gasteiger partial charge < -0.3 is 9.63 Å². The van der Waals surface area contributed by atoms with Gasteiger partial charge in [-0.15, -0.1) is 0 Å². The van der Waals surface area contributed by atoms with Gasteiger partial charge in [-0.2, -0.15) is 0 Å². The number of hydrogen-bond donors (Lipinski definition) is 1. The second-order valence-corrected chi connectivity index (χ2v) is 3.80. The third-order valence-electron chi connectivity index (χ3n) is 1.86. The van der Waals surface area contributed by atoms with Crippen LogP contribution in [0.25, 0.3) is 11.3 Å². The molecule has 0 radical (unpaired) electrons. The molecule has 0 bridgehead atoms. The molecule has 76 valence electrons. The summed E-state index contributed by atoms with van der Waals surface area (Å²) in [5, 5.41) is 12.1. The summed E-state index contributed by atoms with van der Waals surface area (Å²) in [7, 11) is 0. The van der Waals surface area contributed by atoms with Crippen molar-refractivity contribution in [2.24, 2.45) is 0 Å². The first-order chi connectivity index (χ1) is 7.16. The van der Waals surface area contributed by atoms with E-state index in [1.165, 1.54) is 6.07 Å². The monoisotopic (exact) mass is 267 g/mol. The van der Waals surface area contributed by atoms with Gasteiger partial charge in [-0.1, -0.05) is 33.2 Å². The van der Waals surface area contributed by atoms with Crippen molar-refractivity contribution in [1.82, 2.24) is 5.16 Å². The predicted molar refractivity (Wildman–Crippen MR) is 56.6 cm³/mol. The van der Waals surface area contributed by atoms with Crippen LogP contribution in [0.5, 0.6) is 0 Å². The zero-order chi connectivity index (χ0) is 10.8. The summed E-state index contributed by atoms with van der Waals surface area (Å²) in [4.78, 5) is 10.6. The fourth-order valence-electron chi connectivity index (χ4n) is 1.13. The number of carboxylic acid groups (broad SMARTS) is 1. The summed E-state index contributed by atoms with van der Waals surface area (Å²) >= 11 is 3.31. The van der Waals surface area contributed by atoms with Crippen molar-refractivity contribution >= 4 is 21.9 Å². The van der Waals surface area contributed by atoms with Crippen LogP contribution in [0, 0.1) is 0 Å². The maximum Gasteiger partial charge on any atom is 0.358 e. The van der Waals surface area contributed by atoms with E-state index in [0.29, 0.717) is 5.76 Å². The Labute approximate surface area is 93.6 Å². The summed E-state index contributed by atoms with van der Waals surface area (Å²) in [6.07, 6.45) is 0. The number of halogens is 1. The standard InChI is InChI=1S/C10H6BrNO3/c11-7-3-1-6(2-4-7)9-5-8(10(13)14)12-15-9/h1-5H,(H,13,14). The molecule has 2 aromatic rings. The molecule has 0 amide bonds. The normalized spacial score (nSPS) is 10.2. The zero-order valence-corrected chi connectivity index (χ0v) is 9.06. The topological polar surface area (TPSA) is 63.3 Å². The molecule has 2 rings (SSSR count). The zero-order valence-electron chi connectivity index (χ0n) is 7.48. The number of hydrogen-bond acceptors (Lipinski definition) is 3. The fourth-order valence-corrected chi connectivity index (χ4v) is 1.39. The second-order valence-electron chi connectivity index (χ2n) is 2.89. The third-order valence-corrected chi connectivity index (χ3v) is 2.39. The molecule has 1 heterocycles. The molecule has 0 saturated heterocycles. The molecule has 0 spiro atoms. The Hall–Kier alpha value is -1.62. The van der Waals surface area contributed by atoms with Crippen LogP contribution in [0.1, 0.15) is 10.5 Å². The molecule has 0 aliphatic rings. The molecule has 5 heteroatoms. The minimum absolute atomic E-state index is 0.0899. The SMILES string of the molecule is O=C(O)c1cc(-c2ccc(Br)cc2)on1. The maximum atomic E-state index is 10.6. The number of carboxylic acids is 1. The number of nitrogens with zero attached hydrogens (tertiary/aromatic N) is 1. The van der Waals surface area contributed by atoms with Gasteiger partial charge in [-0.05, 0) is 12.1 Å². The van der Waals surface area contributed by atoms with Gasteiger partial charge >= 0.3 is 5.97 Å². The van der Waals surface area contributed by atoms with E-state index < -0.39 is 5.97 Å². The highest BCUT2D eigenvalue weighted by Crippen LogP contribution is 2.22. The van der Waals surface area contributed by atoms with Crippen LogP contribution in [0.4, 0.5) is 0 Å². The van der Waals surface area contributed by atoms with Crippen LogP contribution in [0.15, 0.2) is 39.3 Å². The van der Waals surface area contributed by atoms with Crippen LogP contribution < -0.4 is 0 Å². The Morgan fingerprint density at radius 1 is 1.33 bits per heavy atom. The summed E-state index contributed by atoms with van der Waals surface area (Å²) in [5.74, 6) is -0.651. The largest absolute Gasteiger partial charge is 0.476 e. The lowest BCUT2D eigenvalue weighted by Gasteiger charge is -1.94. The second kappa shape index (κ2) is 3.86. The van der Waals surface area contributed by atoms with E-state index in [0.717, 1.165) is 10.0 Å². The molecule has 0 saturated carbocycles. The Kier molecular flexibility index (Phi) is 2.55. The van der Waals surface area contributed by atoms with Crippen LogP contribution in [-0.2, 0) is 0 Å². The molecule has 0 unspecified atom stereocenters. The smallest absolute Gasteiger partial charge is 0.358 e. The highest BCUT2D eigenvalue weighted by molar-refractivity contribution is 9.10. The Morgan fingerprint density at radius 2 is 2.00 bits per heavy atom. The van der Waals surface area contributed by atoms with E-state index in [4.69, 9.17) is 9.63 Å². The fraction of sp³-hybridized carbons (Fsp3) is 0. The van der Waals surface area contributed by atoms with Gasteiger partial charge in [0, 0.05) is 16.1 Å². The Balaban J connectivity index is 2.37. The molecular formula is C10H6BrNO3. The summed E-state index contributed by atoms with van der Waals surface area (Å²) in [5.41, 5.74) is 0.700. The molecule has 0 fully saturated rings. The van der Waals surface area contributed by atoms with Crippen molar-refractivity contribution in [1.29, 1.82) is 0 Å². The van der Waals surface area contributed by atoms with Crippen LogP contribution in [0.3, 0.4) is 0 Å². The number of rotatable bonds is 2. The van der Waals surface area contributed by atoms with Crippen molar-refractivity contribution < 1.29 is 14.4 Å². The number of benzene rings is 1. The number of aromatic carboxylic acids is 1. The van der Waals surface area contributed by atoms with Gasteiger partial charge in [0.25, 0.3) is 0 Å². The van der Waals surface area contributed by atoms with E-state index in [9.17, 15) is 4.79 Å². The minimum atomic E-state index is -1.10. The predicted octanol–water partition coefficient (Wildman–Crippen LogP) is 2.80. The van der Waals surface area contributed by atoms with E-state index in [-0.39, 0.29) is 5.69 Å². The molecule has 0 atom stereocenters. The molecular weight excluding hydrogens is 262 g/mol. The molecule has 15 heavy (non-hydrogen) atoms. The molecule has 0 aliphatic carbocycles. The van der Waals surface area contributed by atoms with Crippen molar-refractivity contribution in [3.63, 3.8) is 0 Å². The van der Waals surface area contributed by atoms with Crippen LogP contribution in [0.2, 0.25) is 0 Å². The lowest BCUT2D eigenvalue weighted by molar-refractivity contribution is 0.0686. The molecule has 1 aromatic carbocycles. The first-order valence-corrected chi connectivity index (χ1v) is 4.92. The third kappa shape index (κ3) is 2.07. The van der Waals surface area contributed by atoms with Gasteiger partial charge in [0.15, 0.2) is 11.5 Å². The maximum absolute atomic E-state index is 10.6. The quantitative estimate of drug-likeness (QED) is 0.909. The highest BCUT2D eigenvalue weighted by Gasteiger charge is 2.11.